The first kappa shape index (κ1) is 10.8. The molecule has 3 nitrogen and oxygen atoms in total. The summed E-state index contributed by atoms with van der Waals surface area (Å²) in [5, 5.41) is 3.13. The Bertz CT molecular complexity index is 236. The Balaban J connectivity index is 1.87. The highest BCUT2D eigenvalue weighted by Gasteiger charge is 2.32. The van der Waals surface area contributed by atoms with E-state index in [0.717, 1.165) is 6.54 Å². The van der Waals surface area contributed by atoms with Crippen LogP contribution in [0, 0.1) is 5.92 Å². The van der Waals surface area contributed by atoms with Crippen LogP contribution in [0.15, 0.2) is 0 Å². The molecule has 1 saturated heterocycles. The number of carbonyl (C=O) groups is 1. The fourth-order valence-corrected chi connectivity index (χ4v) is 2.55. The van der Waals surface area contributed by atoms with Crippen molar-refractivity contribution < 1.29 is 4.79 Å². The maximum Gasteiger partial charge on any atom is 0.317 e. The molecule has 0 radical (unpaired) electrons. The average molecular weight is 210 g/mol. The van der Waals surface area contributed by atoms with Gasteiger partial charge < -0.3 is 10.2 Å². The fourth-order valence-electron chi connectivity index (χ4n) is 2.55. The number of hydrogen-bond acceptors (Lipinski definition) is 1. The highest BCUT2D eigenvalue weighted by molar-refractivity contribution is 5.75. The quantitative estimate of drug-likeness (QED) is 0.745. The van der Waals surface area contributed by atoms with Crippen LogP contribution in [0.3, 0.4) is 0 Å². The van der Waals surface area contributed by atoms with E-state index in [1.165, 1.54) is 32.1 Å². The third-order valence-electron chi connectivity index (χ3n) is 3.76. The highest BCUT2D eigenvalue weighted by atomic mass is 16.2. The van der Waals surface area contributed by atoms with Gasteiger partial charge >= 0.3 is 6.03 Å². The van der Waals surface area contributed by atoms with E-state index >= 15 is 0 Å². The normalized spacial score (nSPS) is 26.9. The molecule has 0 spiro atoms. The molecule has 2 fully saturated rings. The van der Waals surface area contributed by atoms with Crippen molar-refractivity contribution in [2.75, 3.05) is 6.54 Å². The van der Waals surface area contributed by atoms with Gasteiger partial charge in [-0.15, -0.1) is 0 Å². The molecule has 1 N–H and O–H groups in total. The first-order valence-corrected chi connectivity index (χ1v) is 6.25. The summed E-state index contributed by atoms with van der Waals surface area (Å²) < 4.78 is 0. The molecule has 1 aliphatic heterocycles. The van der Waals surface area contributed by atoms with Crippen LogP contribution in [-0.2, 0) is 0 Å². The van der Waals surface area contributed by atoms with Gasteiger partial charge in [0.25, 0.3) is 0 Å². The van der Waals surface area contributed by atoms with Crippen molar-refractivity contribution in [3.05, 3.63) is 0 Å². The second-order valence-corrected chi connectivity index (χ2v) is 5.22. The lowest BCUT2D eigenvalue weighted by Crippen LogP contribution is -2.49. The van der Waals surface area contributed by atoms with Gasteiger partial charge in [-0.3, -0.25) is 0 Å². The Morgan fingerprint density at radius 3 is 2.53 bits per heavy atom. The Labute approximate surface area is 92.2 Å². The zero-order valence-electron chi connectivity index (χ0n) is 9.83. The molecule has 86 valence electrons. The number of rotatable bonds is 2. The number of carbonyl (C=O) groups excluding carboxylic acids is 1. The number of urea groups is 1. The summed E-state index contributed by atoms with van der Waals surface area (Å²) in [7, 11) is 0. The minimum Gasteiger partial charge on any atom is -0.335 e. The predicted molar refractivity (Wildman–Crippen MR) is 60.7 cm³/mol. The van der Waals surface area contributed by atoms with Gasteiger partial charge in [0, 0.05) is 18.6 Å². The van der Waals surface area contributed by atoms with E-state index in [-0.39, 0.29) is 6.03 Å². The van der Waals surface area contributed by atoms with E-state index in [9.17, 15) is 4.79 Å². The van der Waals surface area contributed by atoms with Crippen LogP contribution in [0.4, 0.5) is 4.79 Å². The van der Waals surface area contributed by atoms with Crippen molar-refractivity contribution in [1.29, 1.82) is 0 Å². The van der Waals surface area contributed by atoms with Crippen LogP contribution in [-0.4, -0.2) is 29.6 Å². The first-order chi connectivity index (χ1) is 7.18. The molecule has 2 amide bonds. The molecule has 0 aromatic heterocycles. The van der Waals surface area contributed by atoms with Crippen molar-refractivity contribution in [3.8, 4) is 0 Å². The zero-order valence-corrected chi connectivity index (χ0v) is 9.83. The minimum absolute atomic E-state index is 0.177. The molecule has 0 aromatic carbocycles. The molecule has 15 heavy (non-hydrogen) atoms. The number of hydrogen-bond donors (Lipinski definition) is 1. The maximum absolute atomic E-state index is 12.0. The van der Waals surface area contributed by atoms with Crippen molar-refractivity contribution in [2.45, 2.75) is 58.0 Å². The lowest BCUT2D eigenvalue weighted by atomic mass is 9.93. The second kappa shape index (κ2) is 4.42. The Morgan fingerprint density at radius 2 is 2.00 bits per heavy atom. The van der Waals surface area contributed by atoms with Crippen LogP contribution in [0.25, 0.3) is 0 Å². The van der Waals surface area contributed by atoms with E-state index in [1.54, 1.807) is 0 Å². The van der Waals surface area contributed by atoms with Crippen LogP contribution < -0.4 is 5.32 Å². The topological polar surface area (TPSA) is 32.3 Å². The van der Waals surface area contributed by atoms with Gasteiger partial charge in [0.05, 0.1) is 0 Å². The molecule has 1 unspecified atom stereocenters. The second-order valence-electron chi connectivity index (χ2n) is 5.22. The van der Waals surface area contributed by atoms with E-state index in [4.69, 9.17) is 0 Å². The SMILES string of the molecule is CC(C)C1CCCN1C(=O)NC1CCC1. The van der Waals surface area contributed by atoms with Crippen LogP contribution in [0.1, 0.15) is 46.0 Å². The van der Waals surface area contributed by atoms with Gasteiger partial charge in [-0.25, -0.2) is 4.79 Å². The van der Waals surface area contributed by atoms with Gasteiger partial charge in [0.1, 0.15) is 0 Å². The predicted octanol–water partition coefficient (Wildman–Crippen LogP) is 2.37. The summed E-state index contributed by atoms with van der Waals surface area (Å²) in [6, 6.07) is 1.10. The summed E-state index contributed by atoms with van der Waals surface area (Å²) in [6.45, 7) is 5.36. The molecule has 0 bridgehead atoms. The molecule has 1 atom stereocenters. The van der Waals surface area contributed by atoms with Crippen molar-refractivity contribution in [2.24, 2.45) is 5.92 Å². The highest BCUT2D eigenvalue weighted by Crippen LogP contribution is 2.25. The Hall–Kier alpha value is -0.730. The van der Waals surface area contributed by atoms with Gasteiger partial charge in [-0.1, -0.05) is 13.8 Å². The van der Waals surface area contributed by atoms with Gasteiger partial charge in [0.2, 0.25) is 0 Å². The molecule has 3 heteroatoms. The molecule has 2 aliphatic rings. The molecular weight excluding hydrogens is 188 g/mol. The summed E-state index contributed by atoms with van der Waals surface area (Å²) in [4.78, 5) is 14.0. The Kier molecular flexibility index (Phi) is 3.17. The lowest BCUT2D eigenvalue weighted by molar-refractivity contribution is 0.169. The van der Waals surface area contributed by atoms with Gasteiger partial charge in [-0.05, 0) is 38.0 Å². The molecule has 0 aromatic rings. The number of amides is 2. The summed E-state index contributed by atoms with van der Waals surface area (Å²) in [5.41, 5.74) is 0. The molecule has 1 aliphatic carbocycles. The maximum atomic E-state index is 12.0. The molecular formula is C12H22N2O. The molecule has 1 heterocycles. The first-order valence-electron chi connectivity index (χ1n) is 6.25. The van der Waals surface area contributed by atoms with E-state index in [2.05, 4.69) is 19.2 Å². The van der Waals surface area contributed by atoms with Crippen molar-refractivity contribution >= 4 is 6.03 Å². The number of nitrogens with zero attached hydrogens (tertiary/aromatic N) is 1. The Morgan fingerprint density at radius 1 is 1.27 bits per heavy atom. The zero-order chi connectivity index (χ0) is 10.8. The standard InChI is InChI=1S/C12H22N2O/c1-9(2)11-7-4-8-14(11)12(15)13-10-5-3-6-10/h9-11H,3-8H2,1-2H3,(H,13,15). The van der Waals surface area contributed by atoms with Crippen LogP contribution in [0.2, 0.25) is 0 Å². The summed E-state index contributed by atoms with van der Waals surface area (Å²) >= 11 is 0. The van der Waals surface area contributed by atoms with E-state index in [1.807, 2.05) is 4.90 Å². The lowest BCUT2D eigenvalue weighted by Gasteiger charge is -2.32. The van der Waals surface area contributed by atoms with Gasteiger partial charge in [-0.2, -0.15) is 0 Å². The number of nitrogens with one attached hydrogen (secondary N) is 1. The third-order valence-corrected chi connectivity index (χ3v) is 3.76. The molecule has 1 saturated carbocycles. The molecule has 2 rings (SSSR count). The van der Waals surface area contributed by atoms with Gasteiger partial charge in [0.15, 0.2) is 0 Å². The third kappa shape index (κ3) is 2.27. The average Bonchev–Trinajstić information content (AvgIpc) is 2.59. The number of likely N-dealkylation sites (tertiary alicyclic amines) is 1. The smallest absolute Gasteiger partial charge is 0.317 e. The largest absolute Gasteiger partial charge is 0.335 e. The summed E-state index contributed by atoms with van der Waals surface area (Å²) in [6.07, 6.45) is 5.97. The van der Waals surface area contributed by atoms with E-state index in [0.29, 0.717) is 18.0 Å². The van der Waals surface area contributed by atoms with Crippen molar-refractivity contribution in [3.63, 3.8) is 0 Å². The monoisotopic (exact) mass is 210 g/mol. The van der Waals surface area contributed by atoms with E-state index < -0.39 is 0 Å². The summed E-state index contributed by atoms with van der Waals surface area (Å²) in [5.74, 6) is 0.583. The minimum atomic E-state index is 0.177. The van der Waals surface area contributed by atoms with Crippen molar-refractivity contribution in [1.82, 2.24) is 10.2 Å². The van der Waals surface area contributed by atoms with Crippen LogP contribution in [0.5, 0.6) is 0 Å². The van der Waals surface area contributed by atoms with Crippen LogP contribution >= 0.6 is 0 Å². The fraction of sp³-hybridized carbons (Fsp3) is 0.917.